The molecule has 5 heteroatoms. The highest BCUT2D eigenvalue weighted by Crippen LogP contribution is 2.40. The molecular weight excluding hydrogens is 373 g/mol. The smallest absolute Gasteiger partial charge is 0.0843 e. The highest BCUT2D eigenvalue weighted by molar-refractivity contribution is 9.13. The van der Waals surface area contributed by atoms with Crippen LogP contribution in [0.5, 0.6) is 0 Å². The third-order valence-corrected chi connectivity index (χ3v) is 6.51. The summed E-state index contributed by atoms with van der Waals surface area (Å²) in [6.07, 6.45) is 6.70. The van der Waals surface area contributed by atoms with E-state index in [4.69, 9.17) is 5.73 Å². The molecule has 2 rings (SSSR count). The Labute approximate surface area is 124 Å². The van der Waals surface area contributed by atoms with Crippen LogP contribution in [-0.4, -0.2) is 0 Å². The van der Waals surface area contributed by atoms with Gasteiger partial charge < -0.3 is 5.73 Å². The van der Waals surface area contributed by atoms with E-state index in [1.54, 1.807) is 11.3 Å². The Kier molecular flexibility index (Phi) is 6.30. The predicted molar refractivity (Wildman–Crippen MR) is 80.5 cm³/mol. The Balaban J connectivity index is 0.00000128. The van der Waals surface area contributed by atoms with E-state index >= 15 is 0 Å². The Morgan fingerprint density at radius 3 is 2.38 bits per heavy atom. The first-order valence-corrected chi connectivity index (χ1v) is 7.79. The van der Waals surface area contributed by atoms with Gasteiger partial charge in [-0.25, -0.2) is 0 Å². The minimum absolute atomic E-state index is 0. The fourth-order valence-electron chi connectivity index (χ4n) is 2.25. The molecule has 0 aliphatic heterocycles. The largest absolute Gasteiger partial charge is 0.323 e. The van der Waals surface area contributed by atoms with E-state index < -0.39 is 0 Å². The lowest BCUT2D eigenvalue weighted by Gasteiger charge is -2.26. The van der Waals surface area contributed by atoms with Crippen molar-refractivity contribution < 1.29 is 0 Å². The molecule has 0 radical (unpaired) electrons. The molecule has 0 saturated heterocycles. The van der Waals surface area contributed by atoms with Gasteiger partial charge in [-0.15, -0.1) is 23.7 Å². The average Bonchev–Trinajstić information content (AvgIpc) is 2.59. The van der Waals surface area contributed by atoms with E-state index in [2.05, 4.69) is 37.9 Å². The maximum absolute atomic E-state index is 6.32. The molecule has 0 aromatic carbocycles. The number of halogens is 3. The lowest BCUT2D eigenvalue weighted by Crippen LogP contribution is -2.22. The van der Waals surface area contributed by atoms with Crippen molar-refractivity contribution in [2.24, 2.45) is 11.7 Å². The number of rotatable bonds is 2. The van der Waals surface area contributed by atoms with Crippen LogP contribution in [0.3, 0.4) is 0 Å². The second-order valence-electron chi connectivity index (χ2n) is 4.19. The zero-order chi connectivity index (χ0) is 10.8. The number of nitrogens with two attached hydrogens (primary N) is 1. The second-order valence-corrected chi connectivity index (χ2v) is 7.45. The van der Waals surface area contributed by atoms with Crippen LogP contribution in [0.2, 0.25) is 0 Å². The van der Waals surface area contributed by atoms with Gasteiger partial charge in [0.05, 0.1) is 3.79 Å². The van der Waals surface area contributed by atoms with Gasteiger partial charge in [0, 0.05) is 15.4 Å². The molecule has 0 amide bonds. The zero-order valence-corrected chi connectivity index (χ0v) is 13.7. The lowest BCUT2D eigenvalue weighted by molar-refractivity contribution is 0.310. The second kappa shape index (κ2) is 6.74. The summed E-state index contributed by atoms with van der Waals surface area (Å²) in [4.78, 5) is 1.31. The van der Waals surface area contributed by atoms with Crippen molar-refractivity contribution in [3.05, 3.63) is 19.2 Å². The summed E-state index contributed by atoms with van der Waals surface area (Å²) in [5, 5.41) is 0. The molecule has 0 spiro atoms. The topological polar surface area (TPSA) is 26.0 Å². The quantitative estimate of drug-likeness (QED) is 0.732. The monoisotopic (exact) mass is 387 g/mol. The van der Waals surface area contributed by atoms with E-state index in [1.807, 2.05) is 0 Å². The SMILES string of the molecule is Cl.N[C@H](c1cc(Br)c(Br)s1)C1CCCCC1. The summed E-state index contributed by atoms with van der Waals surface area (Å²) in [5.41, 5.74) is 6.32. The summed E-state index contributed by atoms with van der Waals surface area (Å²) in [5.74, 6) is 0.691. The fraction of sp³-hybridized carbons (Fsp3) is 0.636. The first kappa shape index (κ1) is 15.0. The molecule has 2 N–H and O–H groups in total. The molecule has 92 valence electrons. The van der Waals surface area contributed by atoms with E-state index in [0.717, 1.165) is 8.26 Å². The molecule has 1 aliphatic carbocycles. The van der Waals surface area contributed by atoms with Gasteiger partial charge >= 0.3 is 0 Å². The predicted octanol–water partition coefficient (Wildman–Crippen LogP) is 5.28. The van der Waals surface area contributed by atoms with Crippen LogP contribution in [0.25, 0.3) is 0 Å². The van der Waals surface area contributed by atoms with Crippen molar-refractivity contribution in [1.29, 1.82) is 0 Å². The van der Waals surface area contributed by atoms with Crippen LogP contribution in [0.1, 0.15) is 43.0 Å². The van der Waals surface area contributed by atoms with Gasteiger partial charge in [0.2, 0.25) is 0 Å². The highest BCUT2D eigenvalue weighted by Gasteiger charge is 2.23. The molecule has 1 nitrogen and oxygen atoms in total. The van der Waals surface area contributed by atoms with Crippen LogP contribution >= 0.6 is 55.6 Å². The minimum Gasteiger partial charge on any atom is -0.323 e. The highest BCUT2D eigenvalue weighted by atomic mass is 79.9. The minimum atomic E-state index is 0. The number of hydrogen-bond acceptors (Lipinski definition) is 2. The maximum Gasteiger partial charge on any atom is 0.0843 e. The van der Waals surface area contributed by atoms with Crippen LogP contribution in [-0.2, 0) is 0 Å². The summed E-state index contributed by atoms with van der Waals surface area (Å²) in [6, 6.07) is 2.39. The van der Waals surface area contributed by atoms with Crippen molar-refractivity contribution in [3.63, 3.8) is 0 Å². The summed E-state index contributed by atoms with van der Waals surface area (Å²) in [7, 11) is 0. The van der Waals surface area contributed by atoms with E-state index in [-0.39, 0.29) is 18.4 Å². The zero-order valence-electron chi connectivity index (χ0n) is 8.92. The normalized spacial score (nSPS) is 19.2. The van der Waals surface area contributed by atoms with E-state index in [9.17, 15) is 0 Å². The van der Waals surface area contributed by atoms with Crippen molar-refractivity contribution >= 4 is 55.6 Å². The molecule has 1 saturated carbocycles. The molecule has 1 heterocycles. The Morgan fingerprint density at radius 1 is 1.25 bits per heavy atom. The Morgan fingerprint density at radius 2 is 1.88 bits per heavy atom. The Hall–Kier alpha value is 0.910. The lowest BCUT2D eigenvalue weighted by atomic mass is 9.84. The van der Waals surface area contributed by atoms with Crippen LogP contribution < -0.4 is 5.73 Å². The van der Waals surface area contributed by atoms with E-state index in [0.29, 0.717) is 5.92 Å². The van der Waals surface area contributed by atoms with Gasteiger partial charge in [0.15, 0.2) is 0 Å². The maximum atomic E-state index is 6.32. The number of hydrogen-bond donors (Lipinski definition) is 1. The van der Waals surface area contributed by atoms with Crippen molar-refractivity contribution in [2.75, 3.05) is 0 Å². The van der Waals surface area contributed by atoms with Gasteiger partial charge in [0.25, 0.3) is 0 Å². The molecule has 0 bridgehead atoms. The first-order chi connectivity index (χ1) is 7.18. The Bertz CT molecular complexity index is 317. The third-order valence-electron chi connectivity index (χ3n) is 3.15. The molecule has 1 aliphatic rings. The molecule has 1 aromatic heterocycles. The van der Waals surface area contributed by atoms with Crippen LogP contribution in [0, 0.1) is 5.92 Å². The van der Waals surface area contributed by atoms with E-state index in [1.165, 1.54) is 37.0 Å². The summed E-state index contributed by atoms with van der Waals surface area (Å²) < 4.78 is 2.29. The van der Waals surface area contributed by atoms with Crippen molar-refractivity contribution in [3.8, 4) is 0 Å². The third kappa shape index (κ3) is 3.45. The average molecular weight is 390 g/mol. The van der Waals surface area contributed by atoms with Crippen molar-refractivity contribution in [2.45, 2.75) is 38.1 Å². The molecule has 1 fully saturated rings. The molecule has 1 atom stereocenters. The number of thiophene rings is 1. The molecule has 1 aromatic rings. The van der Waals surface area contributed by atoms with Gasteiger partial charge in [0.1, 0.15) is 0 Å². The van der Waals surface area contributed by atoms with Gasteiger partial charge in [-0.05, 0) is 56.7 Å². The molecule has 16 heavy (non-hydrogen) atoms. The summed E-state index contributed by atoms with van der Waals surface area (Å²) in [6.45, 7) is 0. The van der Waals surface area contributed by atoms with Gasteiger partial charge in [-0.3, -0.25) is 0 Å². The summed E-state index contributed by atoms with van der Waals surface area (Å²) >= 11 is 8.80. The fourth-order valence-corrected chi connectivity index (χ4v) is 4.44. The van der Waals surface area contributed by atoms with Crippen molar-refractivity contribution in [1.82, 2.24) is 0 Å². The first-order valence-electron chi connectivity index (χ1n) is 5.39. The molecular formula is C11H16Br2ClNS. The standard InChI is InChI=1S/C11H15Br2NS.ClH/c12-8-6-9(15-11(8)13)10(14)7-4-2-1-3-5-7;/h6-7,10H,1-5,14H2;1H/t10-;/m0./s1. The van der Waals surface area contributed by atoms with Crippen LogP contribution in [0.4, 0.5) is 0 Å². The van der Waals surface area contributed by atoms with Gasteiger partial charge in [-0.2, -0.15) is 0 Å². The van der Waals surface area contributed by atoms with Crippen LogP contribution in [0.15, 0.2) is 14.3 Å². The molecule has 0 unspecified atom stereocenters. The van der Waals surface area contributed by atoms with Gasteiger partial charge in [-0.1, -0.05) is 19.3 Å².